The maximum atomic E-state index is 12.9. The number of nitrogens with one attached hydrogen (secondary N) is 2. The van der Waals surface area contributed by atoms with Crippen molar-refractivity contribution in [3.05, 3.63) is 46.2 Å². The number of carbonyl (C=O) groups excluding carboxylic acids is 1. The summed E-state index contributed by atoms with van der Waals surface area (Å²) in [5, 5.41) is 10.2. The van der Waals surface area contributed by atoms with Crippen molar-refractivity contribution >= 4 is 23.3 Å². The number of halogens is 4. The van der Waals surface area contributed by atoms with Crippen molar-refractivity contribution in [3.63, 3.8) is 0 Å². The molecule has 1 aromatic carbocycles. The number of benzene rings is 1. The van der Waals surface area contributed by atoms with Gasteiger partial charge in [0, 0.05) is 24.1 Å². The Morgan fingerprint density at radius 2 is 1.84 bits per heavy atom. The Balaban J connectivity index is 1.49. The van der Waals surface area contributed by atoms with E-state index in [1.165, 1.54) is 0 Å². The number of rotatable bonds is 5. The lowest BCUT2D eigenvalue weighted by Gasteiger charge is -2.29. The minimum atomic E-state index is -4.53. The Morgan fingerprint density at radius 3 is 2.42 bits per heavy atom. The predicted octanol–water partition coefficient (Wildman–Crippen LogP) is 6.05. The van der Waals surface area contributed by atoms with Gasteiger partial charge in [0.2, 0.25) is 0 Å². The molecule has 0 bridgehead atoms. The maximum absolute atomic E-state index is 12.9. The summed E-state index contributed by atoms with van der Waals surface area (Å²) in [6.07, 6.45) is -1.25. The lowest BCUT2D eigenvalue weighted by Crippen LogP contribution is -2.38. The molecule has 170 valence electrons. The van der Waals surface area contributed by atoms with E-state index in [0.717, 1.165) is 56.2 Å². The van der Waals surface area contributed by atoms with Crippen molar-refractivity contribution in [2.24, 2.45) is 5.92 Å². The highest BCUT2D eigenvalue weighted by molar-refractivity contribution is 6.33. The fourth-order valence-corrected chi connectivity index (χ4v) is 3.81. The zero-order chi connectivity index (χ0) is 22.8. The second kappa shape index (κ2) is 9.10. The van der Waals surface area contributed by atoms with Crippen molar-refractivity contribution in [3.8, 4) is 0 Å². The third kappa shape index (κ3) is 6.15. The molecule has 2 aromatic rings. The van der Waals surface area contributed by atoms with Gasteiger partial charge in [0.15, 0.2) is 5.82 Å². The summed E-state index contributed by atoms with van der Waals surface area (Å²) < 4.78 is 44.2. The number of hydrogen-bond donors (Lipinski definition) is 2. The molecule has 1 aromatic heterocycles. The van der Waals surface area contributed by atoms with Gasteiger partial charge in [0.1, 0.15) is 5.76 Å². The summed E-state index contributed by atoms with van der Waals surface area (Å²) in [6, 6.07) is 4.60. The van der Waals surface area contributed by atoms with Gasteiger partial charge in [0.25, 0.3) is 5.91 Å². The lowest BCUT2D eigenvalue weighted by atomic mass is 9.86. The molecule has 0 radical (unpaired) electrons. The number of anilines is 1. The zero-order valence-electron chi connectivity index (χ0n) is 17.8. The Morgan fingerprint density at radius 1 is 1.16 bits per heavy atom. The molecular formula is C22H27ClF3N3O2. The third-order valence-corrected chi connectivity index (χ3v) is 5.87. The number of carbonyl (C=O) groups is 1. The van der Waals surface area contributed by atoms with E-state index in [1.807, 2.05) is 6.07 Å². The van der Waals surface area contributed by atoms with Crippen LogP contribution in [0.2, 0.25) is 5.02 Å². The van der Waals surface area contributed by atoms with E-state index in [2.05, 4.69) is 36.6 Å². The van der Waals surface area contributed by atoms with Crippen molar-refractivity contribution < 1.29 is 22.5 Å². The fraction of sp³-hybridized carbons (Fsp3) is 0.545. The van der Waals surface area contributed by atoms with Crippen LogP contribution in [-0.4, -0.2) is 23.7 Å². The quantitative estimate of drug-likeness (QED) is 0.574. The third-order valence-electron chi connectivity index (χ3n) is 5.54. The molecule has 1 aliphatic carbocycles. The van der Waals surface area contributed by atoms with Gasteiger partial charge in [-0.1, -0.05) is 37.5 Å². The van der Waals surface area contributed by atoms with E-state index in [0.29, 0.717) is 11.7 Å². The number of alkyl halides is 3. The second-order valence-electron chi connectivity index (χ2n) is 9.09. The van der Waals surface area contributed by atoms with Crippen LogP contribution in [0.5, 0.6) is 0 Å². The van der Waals surface area contributed by atoms with Gasteiger partial charge in [-0.3, -0.25) is 4.79 Å². The van der Waals surface area contributed by atoms with E-state index < -0.39 is 17.6 Å². The van der Waals surface area contributed by atoms with E-state index in [1.54, 1.807) is 0 Å². The van der Waals surface area contributed by atoms with Crippen molar-refractivity contribution in [1.29, 1.82) is 0 Å². The standard InChI is InChI=1S/C22H27ClF3N3O2/c1-21(2,3)18-11-19(29-31-18)27-12-13-4-7-15(8-5-13)28-20(30)16-10-14(22(24,25)26)6-9-17(16)23/h6,9-11,13,15H,4-5,7-8,12H2,1-3H3,(H,27,29)(H,28,30). The molecule has 0 saturated heterocycles. The van der Waals surface area contributed by atoms with Crippen molar-refractivity contribution in [2.45, 2.75) is 64.1 Å². The zero-order valence-corrected chi connectivity index (χ0v) is 18.5. The summed E-state index contributed by atoms with van der Waals surface area (Å²) in [6.45, 7) is 6.91. The molecule has 9 heteroatoms. The van der Waals surface area contributed by atoms with Gasteiger partial charge in [-0.15, -0.1) is 0 Å². The van der Waals surface area contributed by atoms with Gasteiger partial charge in [-0.25, -0.2) is 0 Å². The van der Waals surface area contributed by atoms with Gasteiger partial charge in [-0.2, -0.15) is 13.2 Å². The summed E-state index contributed by atoms with van der Waals surface area (Å²) in [5.41, 5.74) is -1.15. The minimum Gasteiger partial charge on any atom is -0.367 e. The molecule has 1 saturated carbocycles. The van der Waals surface area contributed by atoms with Crippen LogP contribution in [0.3, 0.4) is 0 Å². The number of hydrogen-bond acceptors (Lipinski definition) is 4. The average Bonchev–Trinajstić information content (AvgIpc) is 3.16. The normalized spacial score (nSPS) is 19.8. The second-order valence-corrected chi connectivity index (χ2v) is 9.50. The van der Waals surface area contributed by atoms with Crippen LogP contribution in [-0.2, 0) is 11.6 Å². The average molecular weight is 458 g/mol. The highest BCUT2D eigenvalue weighted by Gasteiger charge is 2.32. The smallest absolute Gasteiger partial charge is 0.367 e. The molecule has 0 aliphatic heterocycles. The Bertz CT molecular complexity index is 913. The molecule has 2 N–H and O–H groups in total. The molecule has 31 heavy (non-hydrogen) atoms. The van der Waals surface area contributed by atoms with Crippen LogP contribution in [0.1, 0.15) is 68.1 Å². The van der Waals surface area contributed by atoms with E-state index >= 15 is 0 Å². The van der Waals surface area contributed by atoms with Crippen LogP contribution in [0.15, 0.2) is 28.8 Å². The molecule has 0 unspecified atom stereocenters. The maximum Gasteiger partial charge on any atom is 0.416 e. The first-order valence-corrected chi connectivity index (χ1v) is 10.7. The van der Waals surface area contributed by atoms with Crippen LogP contribution in [0, 0.1) is 5.92 Å². The molecule has 5 nitrogen and oxygen atoms in total. The first-order valence-electron chi connectivity index (χ1n) is 10.3. The number of nitrogens with zero attached hydrogens (tertiary/aromatic N) is 1. The summed E-state index contributed by atoms with van der Waals surface area (Å²) in [7, 11) is 0. The van der Waals surface area contributed by atoms with E-state index in [4.69, 9.17) is 16.1 Å². The van der Waals surface area contributed by atoms with Crippen LogP contribution >= 0.6 is 11.6 Å². The largest absolute Gasteiger partial charge is 0.416 e. The summed E-state index contributed by atoms with van der Waals surface area (Å²) in [4.78, 5) is 12.5. The Labute approximate surface area is 184 Å². The van der Waals surface area contributed by atoms with Gasteiger partial charge in [-0.05, 0) is 49.8 Å². The topological polar surface area (TPSA) is 67.2 Å². The first kappa shape index (κ1) is 23.4. The van der Waals surface area contributed by atoms with E-state index in [9.17, 15) is 18.0 Å². The highest BCUT2D eigenvalue weighted by Crippen LogP contribution is 2.32. The predicted molar refractivity (Wildman–Crippen MR) is 113 cm³/mol. The molecule has 0 atom stereocenters. The summed E-state index contributed by atoms with van der Waals surface area (Å²) >= 11 is 5.96. The molecule has 1 amide bonds. The van der Waals surface area contributed by atoms with Gasteiger partial charge < -0.3 is 15.2 Å². The SMILES string of the molecule is CC(C)(C)c1cc(NCC2CCC(NC(=O)c3cc(C(F)(F)F)ccc3Cl)CC2)no1. The summed E-state index contributed by atoms with van der Waals surface area (Å²) in [5.74, 6) is 1.37. The minimum absolute atomic E-state index is 0.00521. The number of aromatic nitrogens is 1. The Hall–Kier alpha value is -2.22. The van der Waals surface area contributed by atoms with Crippen molar-refractivity contribution in [1.82, 2.24) is 10.5 Å². The lowest BCUT2D eigenvalue weighted by molar-refractivity contribution is -0.137. The van der Waals surface area contributed by atoms with Crippen molar-refractivity contribution in [2.75, 3.05) is 11.9 Å². The number of amides is 1. The first-order chi connectivity index (χ1) is 14.4. The van der Waals surface area contributed by atoms with Gasteiger partial charge >= 0.3 is 6.18 Å². The van der Waals surface area contributed by atoms with E-state index in [-0.39, 0.29) is 22.0 Å². The highest BCUT2D eigenvalue weighted by atomic mass is 35.5. The monoisotopic (exact) mass is 457 g/mol. The molecule has 3 rings (SSSR count). The molecule has 1 fully saturated rings. The van der Waals surface area contributed by atoms with Crippen LogP contribution in [0.4, 0.5) is 19.0 Å². The fourth-order valence-electron chi connectivity index (χ4n) is 3.61. The Kier molecular flexibility index (Phi) is 6.88. The molecular weight excluding hydrogens is 431 g/mol. The molecule has 1 heterocycles. The van der Waals surface area contributed by atoms with Crippen LogP contribution < -0.4 is 10.6 Å². The molecule has 0 spiro atoms. The van der Waals surface area contributed by atoms with Gasteiger partial charge in [0.05, 0.1) is 16.1 Å². The molecule has 1 aliphatic rings. The van der Waals surface area contributed by atoms with Crippen LogP contribution in [0.25, 0.3) is 0 Å².